The third kappa shape index (κ3) is 5.37. The molecule has 0 saturated carbocycles. The van der Waals surface area contributed by atoms with Crippen molar-refractivity contribution in [3.8, 4) is 5.75 Å². The van der Waals surface area contributed by atoms with Crippen molar-refractivity contribution in [3.63, 3.8) is 0 Å². The number of nitrogens with zero attached hydrogens (tertiary/aromatic N) is 4. The van der Waals surface area contributed by atoms with Gasteiger partial charge in [-0.1, -0.05) is 24.3 Å². The molecule has 28 heavy (non-hydrogen) atoms. The van der Waals surface area contributed by atoms with E-state index in [1.165, 1.54) is 6.08 Å². The van der Waals surface area contributed by atoms with Crippen molar-refractivity contribution in [3.05, 3.63) is 72.1 Å². The Hall–Kier alpha value is -3.25. The van der Waals surface area contributed by atoms with E-state index in [4.69, 9.17) is 0 Å². The Morgan fingerprint density at radius 2 is 1.86 bits per heavy atom. The molecule has 0 aliphatic carbocycles. The van der Waals surface area contributed by atoms with Crippen LogP contribution >= 0.6 is 0 Å². The third-order valence-electron chi connectivity index (χ3n) is 4.28. The smallest absolute Gasteiger partial charge is 0.246 e. The third-order valence-corrected chi connectivity index (χ3v) is 4.28. The van der Waals surface area contributed by atoms with Gasteiger partial charge in [-0.15, -0.1) is 0 Å². The number of para-hydroxylation sites is 2. The minimum atomic E-state index is -0.111. The summed E-state index contributed by atoms with van der Waals surface area (Å²) in [5, 5.41) is 9.68. The molecule has 0 fully saturated rings. The fourth-order valence-corrected chi connectivity index (χ4v) is 2.78. The lowest BCUT2D eigenvalue weighted by molar-refractivity contribution is -0.126. The van der Waals surface area contributed by atoms with Crippen LogP contribution in [-0.2, 0) is 11.3 Å². The van der Waals surface area contributed by atoms with E-state index in [9.17, 15) is 9.90 Å². The maximum Gasteiger partial charge on any atom is 0.246 e. The molecule has 0 bridgehead atoms. The van der Waals surface area contributed by atoms with Gasteiger partial charge in [-0.3, -0.25) is 9.78 Å². The van der Waals surface area contributed by atoms with E-state index in [1.54, 1.807) is 35.4 Å². The van der Waals surface area contributed by atoms with Crippen molar-refractivity contribution < 1.29 is 9.90 Å². The molecule has 0 saturated heterocycles. The quantitative estimate of drug-likeness (QED) is 0.642. The normalized spacial score (nSPS) is 11.4. The van der Waals surface area contributed by atoms with Gasteiger partial charge < -0.3 is 14.9 Å². The van der Waals surface area contributed by atoms with Crippen molar-refractivity contribution in [2.75, 3.05) is 27.2 Å². The van der Waals surface area contributed by atoms with Gasteiger partial charge in [0.1, 0.15) is 5.75 Å². The highest BCUT2D eigenvalue weighted by Gasteiger charge is 2.12. The van der Waals surface area contributed by atoms with Gasteiger partial charge in [-0.25, -0.2) is 4.98 Å². The largest absolute Gasteiger partial charge is 0.508 e. The lowest BCUT2D eigenvalue weighted by Crippen LogP contribution is -2.35. The van der Waals surface area contributed by atoms with Crippen molar-refractivity contribution >= 4 is 23.0 Å². The molecule has 0 unspecified atom stereocenters. The molecule has 1 aromatic heterocycles. The van der Waals surface area contributed by atoms with Crippen molar-refractivity contribution in [1.29, 1.82) is 0 Å². The Kier molecular flexibility index (Phi) is 6.34. The molecule has 1 amide bonds. The Morgan fingerprint density at radius 1 is 1.07 bits per heavy atom. The van der Waals surface area contributed by atoms with Gasteiger partial charge in [-0.2, -0.15) is 0 Å². The second-order valence-corrected chi connectivity index (χ2v) is 6.85. The lowest BCUT2D eigenvalue weighted by atomic mass is 10.2. The molecule has 1 N–H and O–H groups in total. The highest BCUT2D eigenvalue weighted by molar-refractivity contribution is 5.91. The summed E-state index contributed by atoms with van der Waals surface area (Å²) >= 11 is 0. The first kappa shape index (κ1) is 19.5. The predicted molar refractivity (Wildman–Crippen MR) is 111 cm³/mol. The Labute approximate surface area is 164 Å². The van der Waals surface area contributed by atoms with Crippen molar-refractivity contribution in [2.45, 2.75) is 6.54 Å². The van der Waals surface area contributed by atoms with E-state index < -0.39 is 0 Å². The van der Waals surface area contributed by atoms with Crippen molar-refractivity contribution in [1.82, 2.24) is 19.8 Å². The first-order valence-electron chi connectivity index (χ1n) is 9.13. The number of aromatic nitrogens is 2. The maximum absolute atomic E-state index is 12.8. The monoisotopic (exact) mass is 376 g/mol. The summed E-state index contributed by atoms with van der Waals surface area (Å²) < 4.78 is 0. The number of phenols is 1. The number of amides is 1. The number of likely N-dealkylation sites (N-methyl/N-ethyl adjacent to an activating group) is 1. The number of rotatable bonds is 7. The lowest BCUT2D eigenvalue weighted by Gasteiger charge is -2.23. The molecule has 2 aromatic carbocycles. The zero-order chi connectivity index (χ0) is 19.9. The first-order chi connectivity index (χ1) is 13.5. The van der Waals surface area contributed by atoms with Gasteiger partial charge in [0.25, 0.3) is 0 Å². The van der Waals surface area contributed by atoms with Crippen LogP contribution in [0.15, 0.2) is 60.8 Å². The van der Waals surface area contributed by atoms with Gasteiger partial charge in [0.05, 0.1) is 22.9 Å². The summed E-state index contributed by atoms with van der Waals surface area (Å²) in [6.07, 6.45) is 4.87. The molecule has 0 aliphatic heterocycles. The number of benzene rings is 2. The van der Waals surface area contributed by atoms with E-state index in [-0.39, 0.29) is 11.7 Å². The summed E-state index contributed by atoms with van der Waals surface area (Å²) in [4.78, 5) is 25.5. The Balaban J connectivity index is 1.75. The zero-order valence-electron chi connectivity index (χ0n) is 16.1. The van der Waals surface area contributed by atoms with E-state index >= 15 is 0 Å². The van der Waals surface area contributed by atoms with Gasteiger partial charge in [0, 0.05) is 25.7 Å². The van der Waals surface area contributed by atoms with Crippen LogP contribution in [0.1, 0.15) is 11.3 Å². The SMILES string of the molecule is CN(C)CCN(Cc1cccc(O)c1)C(=O)/C=C/c1cnc2ccccc2n1. The number of carbonyl (C=O) groups is 1. The molecular formula is C22H24N4O2. The van der Waals surface area contributed by atoms with Gasteiger partial charge in [0.2, 0.25) is 5.91 Å². The highest BCUT2D eigenvalue weighted by atomic mass is 16.3. The predicted octanol–water partition coefficient (Wildman–Crippen LogP) is 2.94. The molecule has 0 radical (unpaired) electrons. The average Bonchev–Trinajstić information content (AvgIpc) is 2.69. The van der Waals surface area contributed by atoms with Gasteiger partial charge in [0.15, 0.2) is 0 Å². The molecule has 144 valence electrons. The molecule has 0 spiro atoms. The summed E-state index contributed by atoms with van der Waals surface area (Å²) in [6.45, 7) is 1.75. The van der Waals surface area contributed by atoms with Crippen LogP contribution in [0.2, 0.25) is 0 Å². The second kappa shape index (κ2) is 9.10. The summed E-state index contributed by atoms with van der Waals surface area (Å²) in [6, 6.07) is 14.6. The van der Waals surface area contributed by atoms with E-state index in [1.807, 2.05) is 49.3 Å². The number of hydrogen-bond donors (Lipinski definition) is 1. The molecule has 3 aromatic rings. The number of hydrogen-bond acceptors (Lipinski definition) is 5. The number of fused-ring (bicyclic) bond motifs is 1. The first-order valence-corrected chi connectivity index (χ1v) is 9.13. The van der Waals surface area contributed by atoms with Crippen LogP contribution in [0.25, 0.3) is 17.1 Å². The van der Waals surface area contributed by atoms with E-state index in [0.29, 0.717) is 18.8 Å². The molecule has 0 atom stereocenters. The fraction of sp³-hybridized carbons (Fsp3) is 0.227. The number of phenolic OH excluding ortho intramolecular Hbond substituents is 1. The van der Waals surface area contributed by atoms with Crippen LogP contribution in [0.5, 0.6) is 5.75 Å². The van der Waals surface area contributed by atoms with Crippen LogP contribution in [0.3, 0.4) is 0 Å². The molecule has 6 nitrogen and oxygen atoms in total. The zero-order valence-corrected chi connectivity index (χ0v) is 16.1. The second-order valence-electron chi connectivity index (χ2n) is 6.85. The summed E-state index contributed by atoms with van der Waals surface area (Å²) in [5.74, 6) is 0.0830. The van der Waals surface area contributed by atoms with E-state index in [0.717, 1.165) is 23.1 Å². The topological polar surface area (TPSA) is 69.6 Å². The number of aromatic hydroxyl groups is 1. The fourth-order valence-electron chi connectivity index (χ4n) is 2.78. The molecule has 1 heterocycles. The Morgan fingerprint density at radius 3 is 2.61 bits per heavy atom. The Bertz CT molecular complexity index is 985. The van der Waals surface area contributed by atoms with E-state index in [2.05, 4.69) is 9.97 Å². The van der Waals surface area contributed by atoms with Crippen LogP contribution < -0.4 is 0 Å². The van der Waals surface area contributed by atoms with Gasteiger partial charge >= 0.3 is 0 Å². The molecule has 6 heteroatoms. The maximum atomic E-state index is 12.8. The molecular weight excluding hydrogens is 352 g/mol. The van der Waals surface area contributed by atoms with Crippen LogP contribution in [0, 0.1) is 0 Å². The van der Waals surface area contributed by atoms with Crippen LogP contribution in [-0.4, -0.2) is 58.0 Å². The number of carbonyl (C=O) groups excluding carboxylic acids is 1. The van der Waals surface area contributed by atoms with Gasteiger partial charge in [-0.05, 0) is 50.0 Å². The standard InChI is InChI=1S/C22H24N4O2/c1-25(2)12-13-26(16-17-6-5-7-19(27)14-17)22(28)11-10-18-15-23-20-8-3-4-9-21(20)24-18/h3-11,14-15,27H,12-13,16H2,1-2H3/b11-10+. The molecule has 0 aliphatic rings. The summed E-state index contributed by atoms with van der Waals surface area (Å²) in [5.41, 5.74) is 3.13. The minimum Gasteiger partial charge on any atom is -0.508 e. The van der Waals surface area contributed by atoms with Crippen molar-refractivity contribution in [2.24, 2.45) is 0 Å². The highest BCUT2D eigenvalue weighted by Crippen LogP contribution is 2.14. The average molecular weight is 376 g/mol. The molecule has 3 rings (SSSR count). The minimum absolute atomic E-state index is 0.111. The van der Waals surface area contributed by atoms with Crippen LogP contribution in [0.4, 0.5) is 0 Å². The summed E-state index contributed by atoms with van der Waals surface area (Å²) in [7, 11) is 3.94.